The van der Waals surface area contributed by atoms with Gasteiger partial charge in [0.2, 0.25) is 0 Å². The van der Waals surface area contributed by atoms with Crippen LogP contribution in [0, 0.1) is 162 Å². The molecule has 0 aromatic heterocycles. The van der Waals surface area contributed by atoms with E-state index in [2.05, 4.69) is 415 Å². The molecule has 0 nitrogen and oxygen atoms in total. The molecular formula is C94H184W3. The monoisotopic (exact) mass is 1870 g/mol. The van der Waals surface area contributed by atoms with Crippen LogP contribution in [0.2, 0.25) is 0 Å². The molecule has 0 amide bonds. The minimum atomic E-state index is 0. The molecule has 0 spiro atoms. The Labute approximate surface area is 649 Å². The van der Waals surface area contributed by atoms with Crippen LogP contribution in [0.25, 0.3) is 0 Å². The molecule has 3 aliphatic rings. The number of hydrogen-bond donors (Lipinski definition) is 0. The van der Waals surface area contributed by atoms with Crippen LogP contribution in [0.3, 0.4) is 0 Å². The molecule has 3 fully saturated rings. The topological polar surface area (TPSA) is 0 Å². The molecule has 97 heavy (non-hydrogen) atoms. The fraction of sp³-hybridized carbons (Fsp3) is 0.968. The first-order valence-electron chi connectivity index (χ1n) is 38.9. The first-order valence-corrected chi connectivity index (χ1v) is 43.3. The zero-order valence-electron chi connectivity index (χ0n) is 77.7. The van der Waals surface area contributed by atoms with E-state index < -0.39 is 0 Å². The standard InChI is InChI=1S/C34H66.C31H60.C28H54.CH4.3W/c1-23-24(2,3)25(4,5)26(6,7)28(10,11)31(16,17)34(22)32(18,19)29(12,13)27(8,9)30(14,15)33(34,20)21;1-21-22(2,3)23(4,5)24(6,7)28(14,15)31(20)29(16,17)26(10,11)25(8,9)27(12,13)30(31,18)19;1-19-20(2,3)21(4,5)25(12,13)28(18)26(14,15)23(8,9)22(6,7)24(10,11)27(28,16)17;;;;/h1-22H3;1-20H3;1-18H3;1H4;;;. The summed E-state index contributed by atoms with van der Waals surface area (Å²) in [6.45, 7) is 154. The Balaban J connectivity index is 0.00000142. The quantitative estimate of drug-likeness (QED) is 0.153. The van der Waals surface area contributed by atoms with Crippen LogP contribution in [-0.4, -0.2) is 11.7 Å². The SMILES string of the molecule is C.C[C](=[W])C(C)(C)C(C)(C)C(C)(C)C(C)(C)C(C)(C)C1(C)C(C)(C)C(C)(C)C(C)(C)C(C)(C)C1(C)C.C[C](=[W])C(C)(C)C(C)(C)C(C)(C)C(C)(C)C1(C)C(C)(C)C(C)(C)C(C)(C)C(C)(C)C1(C)C.C[C](=[W])C(C)(C)C(C)(C)C(C)(C)C1(C)C(C)(C)C(C)(C)C(C)(C)C(C)(C)C1(C)C. The normalized spacial score (nSPS) is 26.2. The molecule has 0 saturated heterocycles. The van der Waals surface area contributed by atoms with E-state index in [0.29, 0.717) is 0 Å². The minimum absolute atomic E-state index is 0. The van der Waals surface area contributed by atoms with Crippen LogP contribution >= 0.6 is 0 Å². The van der Waals surface area contributed by atoms with Crippen molar-refractivity contribution in [2.75, 3.05) is 0 Å². The van der Waals surface area contributed by atoms with Crippen molar-refractivity contribution in [3.8, 4) is 0 Å². The maximum atomic E-state index is 2.68. The van der Waals surface area contributed by atoms with Gasteiger partial charge in [0.05, 0.1) is 0 Å². The van der Waals surface area contributed by atoms with Crippen molar-refractivity contribution in [3.63, 3.8) is 0 Å². The summed E-state index contributed by atoms with van der Waals surface area (Å²) in [7, 11) is 0. The Morgan fingerprint density at radius 1 is 0.165 bits per heavy atom. The molecule has 0 aliphatic heterocycles. The zero-order valence-corrected chi connectivity index (χ0v) is 86.5. The zero-order chi connectivity index (χ0) is 79.7. The molecule has 0 radical (unpaired) electrons. The molecule has 3 saturated carbocycles. The van der Waals surface area contributed by atoms with Crippen molar-refractivity contribution in [1.82, 2.24) is 0 Å². The molecule has 0 heterocycles. The molecule has 578 valence electrons. The Morgan fingerprint density at radius 2 is 0.268 bits per heavy atom. The molecule has 0 unspecified atom stereocenters. The summed E-state index contributed by atoms with van der Waals surface area (Å²) in [6.07, 6.45) is 0. The molecule has 3 aliphatic carbocycles. The van der Waals surface area contributed by atoms with Gasteiger partial charge in [-0.3, -0.25) is 0 Å². The van der Waals surface area contributed by atoms with E-state index in [1.165, 1.54) is 0 Å². The van der Waals surface area contributed by atoms with Gasteiger partial charge in [-0.2, -0.15) is 0 Å². The predicted octanol–water partition coefficient (Wildman–Crippen LogP) is 30.6. The van der Waals surface area contributed by atoms with E-state index in [1.54, 1.807) is 69.8 Å². The third-order valence-electron chi connectivity index (χ3n) is 46.7. The third-order valence-corrected chi connectivity index (χ3v) is 52.2. The van der Waals surface area contributed by atoms with Gasteiger partial charge in [-0.1, -0.05) is 7.43 Å². The van der Waals surface area contributed by atoms with Crippen molar-refractivity contribution in [3.05, 3.63) is 0 Å². The first kappa shape index (κ1) is 98.7. The fourth-order valence-electron chi connectivity index (χ4n) is 25.7. The van der Waals surface area contributed by atoms with Gasteiger partial charge in [-0.15, -0.1) is 0 Å². The average Bonchev–Trinajstić information content (AvgIpc) is 0.660. The molecule has 0 aromatic rings. The van der Waals surface area contributed by atoms with Crippen molar-refractivity contribution < 1.29 is 58.1 Å². The van der Waals surface area contributed by atoms with Gasteiger partial charge in [0.1, 0.15) is 0 Å². The molecule has 3 rings (SSSR count). The maximum absolute atomic E-state index is 2.68. The van der Waals surface area contributed by atoms with Crippen molar-refractivity contribution >= 4 is 11.7 Å². The summed E-state index contributed by atoms with van der Waals surface area (Å²) < 4.78 is 4.84. The molecule has 0 atom stereocenters. The van der Waals surface area contributed by atoms with Crippen LogP contribution in [0.5, 0.6) is 0 Å². The second-order valence-electron chi connectivity index (χ2n) is 48.9. The predicted molar refractivity (Wildman–Crippen MR) is 435 cm³/mol. The number of rotatable bonds is 15. The second-order valence-corrected chi connectivity index (χ2v) is 55.5. The molecular weight excluding hydrogens is 1680 g/mol. The Morgan fingerprint density at radius 3 is 0.412 bits per heavy atom. The second kappa shape index (κ2) is 25.1. The van der Waals surface area contributed by atoms with Gasteiger partial charge in [0, 0.05) is 0 Å². The van der Waals surface area contributed by atoms with E-state index in [0.717, 1.165) is 0 Å². The fourth-order valence-corrected chi connectivity index (χ4v) is 28.4. The molecule has 3 heteroatoms. The van der Waals surface area contributed by atoms with E-state index >= 15 is 0 Å². The van der Waals surface area contributed by atoms with E-state index in [1.807, 2.05) is 0 Å². The Hall–Kier alpha value is 1.67. The van der Waals surface area contributed by atoms with Crippen LogP contribution < -0.4 is 0 Å². The van der Waals surface area contributed by atoms with Gasteiger partial charge in [0.25, 0.3) is 0 Å². The average molecular weight is 1870 g/mol. The van der Waals surface area contributed by atoms with Crippen molar-refractivity contribution in [1.29, 1.82) is 0 Å². The van der Waals surface area contributed by atoms with E-state index in [9.17, 15) is 0 Å². The van der Waals surface area contributed by atoms with Crippen molar-refractivity contribution in [2.45, 2.75) is 423 Å². The summed E-state index contributed by atoms with van der Waals surface area (Å²) >= 11 is 4.88. The van der Waals surface area contributed by atoms with Gasteiger partial charge >= 0.3 is 648 Å². The van der Waals surface area contributed by atoms with Gasteiger partial charge in [0.15, 0.2) is 0 Å². The number of hydrogen-bond acceptors (Lipinski definition) is 0. The Kier molecular flexibility index (Phi) is 25.5. The summed E-state index contributed by atoms with van der Waals surface area (Å²) in [5.74, 6) is 0. The first-order chi connectivity index (χ1) is 40.3. The molecule has 0 bridgehead atoms. The van der Waals surface area contributed by atoms with E-state index in [4.69, 9.17) is 0 Å². The molecule has 0 aromatic carbocycles. The van der Waals surface area contributed by atoms with Gasteiger partial charge in [-0.25, -0.2) is 0 Å². The summed E-state index contributed by atoms with van der Waals surface area (Å²) in [6, 6.07) is 0. The van der Waals surface area contributed by atoms with Crippen LogP contribution in [0.4, 0.5) is 0 Å². The van der Waals surface area contributed by atoms with E-state index in [-0.39, 0.29) is 170 Å². The van der Waals surface area contributed by atoms with Gasteiger partial charge < -0.3 is 0 Å². The summed E-state index contributed by atoms with van der Waals surface area (Å²) in [5, 5.41) is 0. The van der Waals surface area contributed by atoms with Gasteiger partial charge in [-0.05, 0) is 0 Å². The van der Waals surface area contributed by atoms with Crippen molar-refractivity contribution in [2.24, 2.45) is 162 Å². The van der Waals surface area contributed by atoms with Crippen LogP contribution in [0.1, 0.15) is 423 Å². The summed E-state index contributed by atoms with van der Waals surface area (Å²) in [4.78, 5) is 0. The van der Waals surface area contributed by atoms with Crippen LogP contribution in [-0.2, 0) is 58.1 Å². The summed E-state index contributed by atoms with van der Waals surface area (Å²) in [5.41, 5.74) is 3.97. The third kappa shape index (κ3) is 10.7. The molecule has 0 N–H and O–H groups in total. The van der Waals surface area contributed by atoms with Crippen LogP contribution in [0.15, 0.2) is 0 Å². The Bertz CT molecular complexity index is 2820.